The lowest BCUT2D eigenvalue weighted by atomic mass is 9.72. The summed E-state index contributed by atoms with van der Waals surface area (Å²) < 4.78 is 23.2. The van der Waals surface area contributed by atoms with E-state index in [0.717, 1.165) is 0 Å². The Morgan fingerprint density at radius 2 is 1.32 bits per heavy atom. The van der Waals surface area contributed by atoms with Crippen LogP contribution in [0.25, 0.3) is 0 Å². The van der Waals surface area contributed by atoms with Crippen molar-refractivity contribution in [2.24, 2.45) is 17.8 Å². The third kappa shape index (κ3) is 6.94. The molecule has 0 aromatic heterocycles. The van der Waals surface area contributed by atoms with Gasteiger partial charge >= 0.3 is 5.97 Å². The number of hydrogen-bond donors (Lipinski definition) is 11. The Morgan fingerprint density at radius 1 is 0.659 bits per heavy atom. The number of fused-ring (bicyclic) bond motifs is 1. The third-order valence-electron chi connectivity index (χ3n) is 10.1. The number of esters is 1. The van der Waals surface area contributed by atoms with E-state index in [0.29, 0.717) is 0 Å². The Hall–Kier alpha value is -1.09. The third-order valence-corrected chi connectivity index (χ3v) is 10.1. The zero-order valence-electron chi connectivity index (χ0n) is 24.1. The molecule has 44 heavy (non-hydrogen) atoms. The standard InChI is InChI=1S/C28H46O16/c29-8-20-23(38)24(39)26(44-27(40)10-2-14(32)21(36)15(33)3-10)28(43-20)42-19-4-9(1-16(34)22(19)37)25-17(35)7-12-13(31)5-11(30)6-18(12)41-25/h9-26,28-39H,1-8H2/t9?,10?,11?,12?,13?,14?,15?,16?,17?,18?,19?,20-,21?,22?,23-,24+,25?,26-,28-/m0/s1. The summed E-state index contributed by atoms with van der Waals surface area (Å²) in [6.45, 7) is -0.752. The van der Waals surface area contributed by atoms with E-state index < -0.39 is 122 Å². The van der Waals surface area contributed by atoms with Gasteiger partial charge in [0.15, 0.2) is 12.4 Å². The predicted octanol–water partition coefficient (Wildman–Crippen LogP) is -5.00. The highest BCUT2D eigenvalue weighted by Crippen LogP contribution is 2.42. The molecule has 3 aliphatic carbocycles. The SMILES string of the molecule is O=C(O[C@@H]1[C@@H](OC2CC(C3OC4CC(O)CC(O)C4CC3O)CC(O)C2O)O[C@@H](CO)[C@H](O)[C@H]1O)C1CC(O)C(O)C(O)C1. The van der Waals surface area contributed by atoms with E-state index >= 15 is 0 Å². The fourth-order valence-electron chi connectivity index (χ4n) is 7.57. The van der Waals surface area contributed by atoms with E-state index in [1.54, 1.807) is 0 Å². The van der Waals surface area contributed by atoms with Crippen molar-refractivity contribution in [1.29, 1.82) is 0 Å². The van der Waals surface area contributed by atoms with Gasteiger partial charge in [0, 0.05) is 5.92 Å². The van der Waals surface area contributed by atoms with Crippen LogP contribution in [0.1, 0.15) is 44.9 Å². The molecular weight excluding hydrogens is 592 g/mol. The lowest BCUT2D eigenvalue weighted by Gasteiger charge is -2.50. The minimum absolute atomic E-state index is 0.00428. The van der Waals surface area contributed by atoms with Gasteiger partial charge in [0.25, 0.3) is 0 Å². The van der Waals surface area contributed by atoms with E-state index in [4.69, 9.17) is 18.9 Å². The van der Waals surface area contributed by atoms with Crippen molar-refractivity contribution in [1.82, 2.24) is 0 Å². The number of rotatable bonds is 6. The summed E-state index contributed by atoms with van der Waals surface area (Å²) in [5, 5.41) is 114. The Balaban J connectivity index is 1.30. The van der Waals surface area contributed by atoms with Crippen LogP contribution in [0, 0.1) is 17.8 Å². The van der Waals surface area contributed by atoms with E-state index in [1.165, 1.54) is 0 Å². The number of hydrogen-bond acceptors (Lipinski definition) is 16. The van der Waals surface area contributed by atoms with Crippen LogP contribution in [0.3, 0.4) is 0 Å². The molecule has 17 atom stereocenters. The summed E-state index contributed by atoms with van der Waals surface area (Å²) in [5.41, 5.74) is 0. The van der Waals surface area contributed by atoms with Crippen molar-refractivity contribution < 1.29 is 79.9 Å². The van der Waals surface area contributed by atoms with Crippen LogP contribution >= 0.6 is 0 Å². The average molecular weight is 639 g/mol. The van der Waals surface area contributed by atoms with Crippen LogP contribution in [-0.4, -0.2) is 167 Å². The van der Waals surface area contributed by atoms with Gasteiger partial charge in [0.2, 0.25) is 0 Å². The molecule has 254 valence electrons. The Labute approximate surface area is 253 Å². The molecule has 2 heterocycles. The van der Waals surface area contributed by atoms with Gasteiger partial charge in [-0.25, -0.2) is 0 Å². The second kappa shape index (κ2) is 13.9. The van der Waals surface area contributed by atoms with Gasteiger partial charge in [-0.1, -0.05) is 0 Å². The maximum absolute atomic E-state index is 13.0. The Morgan fingerprint density at radius 3 is 1.98 bits per heavy atom. The lowest BCUT2D eigenvalue weighted by molar-refractivity contribution is -0.327. The average Bonchev–Trinajstić information content (AvgIpc) is 2.97. The maximum Gasteiger partial charge on any atom is 0.309 e. The number of aliphatic hydroxyl groups is 11. The second-order valence-corrected chi connectivity index (χ2v) is 13.2. The molecule has 0 spiro atoms. The molecule has 0 bridgehead atoms. The van der Waals surface area contributed by atoms with Crippen molar-refractivity contribution in [3.05, 3.63) is 0 Å². The largest absolute Gasteiger partial charge is 0.454 e. The lowest BCUT2D eigenvalue weighted by Crippen LogP contribution is -2.63. The zero-order valence-corrected chi connectivity index (χ0v) is 24.1. The molecule has 2 saturated heterocycles. The van der Waals surface area contributed by atoms with Crippen molar-refractivity contribution >= 4 is 5.97 Å². The van der Waals surface area contributed by atoms with Gasteiger partial charge in [-0.3, -0.25) is 4.79 Å². The zero-order chi connectivity index (χ0) is 32.0. The molecule has 16 nitrogen and oxygen atoms in total. The van der Waals surface area contributed by atoms with Gasteiger partial charge in [-0.2, -0.15) is 0 Å². The summed E-state index contributed by atoms with van der Waals surface area (Å²) in [6, 6.07) is 0. The van der Waals surface area contributed by atoms with Crippen molar-refractivity contribution in [3.8, 4) is 0 Å². The van der Waals surface area contributed by atoms with Gasteiger partial charge < -0.3 is 75.1 Å². The van der Waals surface area contributed by atoms with Crippen molar-refractivity contribution in [2.45, 2.75) is 143 Å². The molecule has 0 radical (unpaired) electrons. The number of carbonyl (C=O) groups excluding carboxylic acids is 1. The highest BCUT2D eigenvalue weighted by Gasteiger charge is 2.53. The van der Waals surface area contributed by atoms with Crippen LogP contribution in [-0.2, 0) is 23.7 Å². The molecule has 5 rings (SSSR count). The molecule has 16 heteroatoms. The fourth-order valence-corrected chi connectivity index (χ4v) is 7.57. The molecule has 11 N–H and O–H groups in total. The monoisotopic (exact) mass is 638 g/mol. The minimum Gasteiger partial charge on any atom is -0.454 e. The first-order chi connectivity index (χ1) is 20.8. The molecule has 5 aliphatic rings. The molecule has 2 aliphatic heterocycles. The first-order valence-electron chi connectivity index (χ1n) is 15.4. The first kappa shape index (κ1) is 34.3. The summed E-state index contributed by atoms with van der Waals surface area (Å²) in [4.78, 5) is 13.0. The van der Waals surface area contributed by atoms with Crippen LogP contribution in [0.5, 0.6) is 0 Å². The van der Waals surface area contributed by atoms with Gasteiger partial charge in [-0.15, -0.1) is 0 Å². The van der Waals surface area contributed by atoms with Crippen molar-refractivity contribution in [3.63, 3.8) is 0 Å². The van der Waals surface area contributed by atoms with Crippen LogP contribution in [0.2, 0.25) is 0 Å². The summed E-state index contributed by atoms with van der Waals surface area (Å²) in [5.74, 6) is -3.02. The van der Waals surface area contributed by atoms with Crippen LogP contribution in [0.15, 0.2) is 0 Å². The van der Waals surface area contributed by atoms with Gasteiger partial charge in [0.1, 0.15) is 30.5 Å². The highest BCUT2D eigenvalue weighted by molar-refractivity contribution is 5.73. The Kier molecular flexibility index (Phi) is 10.9. The predicted molar refractivity (Wildman–Crippen MR) is 142 cm³/mol. The number of carbonyl (C=O) groups is 1. The topological polar surface area (TPSA) is 277 Å². The molecule has 5 fully saturated rings. The molecular formula is C28H46O16. The van der Waals surface area contributed by atoms with Crippen molar-refractivity contribution in [2.75, 3.05) is 6.61 Å². The van der Waals surface area contributed by atoms with Crippen LogP contribution in [0.4, 0.5) is 0 Å². The van der Waals surface area contributed by atoms with Gasteiger partial charge in [0.05, 0.1) is 67.5 Å². The van der Waals surface area contributed by atoms with E-state index in [2.05, 4.69) is 0 Å². The summed E-state index contributed by atoms with van der Waals surface area (Å²) >= 11 is 0. The normalized spacial score (nSPS) is 53.5. The summed E-state index contributed by atoms with van der Waals surface area (Å²) in [6.07, 6.45) is -20.4. The second-order valence-electron chi connectivity index (χ2n) is 13.2. The van der Waals surface area contributed by atoms with Gasteiger partial charge in [-0.05, 0) is 50.9 Å². The molecule has 12 unspecified atom stereocenters. The number of ether oxygens (including phenoxy) is 4. The van der Waals surface area contributed by atoms with E-state index in [-0.39, 0.29) is 50.9 Å². The summed E-state index contributed by atoms with van der Waals surface area (Å²) in [7, 11) is 0. The highest BCUT2D eigenvalue weighted by atomic mass is 16.7. The first-order valence-corrected chi connectivity index (χ1v) is 15.4. The quantitative estimate of drug-likeness (QED) is 0.122. The number of aliphatic hydroxyl groups excluding tert-OH is 11. The van der Waals surface area contributed by atoms with E-state index in [1.807, 2.05) is 0 Å². The van der Waals surface area contributed by atoms with E-state index in [9.17, 15) is 61.0 Å². The minimum atomic E-state index is -1.83. The molecule has 0 aromatic rings. The Bertz CT molecular complexity index is 960. The molecule has 0 amide bonds. The molecule has 3 saturated carbocycles. The molecule has 0 aromatic carbocycles. The van der Waals surface area contributed by atoms with Crippen LogP contribution < -0.4 is 0 Å². The maximum atomic E-state index is 13.0. The fraction of sp³-hybridized carbons (Fsp3) is 0.964. The smallest absolute Gasteiger partial charge is 0.309 e.